The Morgan fingerprint density at radius 2 is 2.20 bits per heavy atom. The Kier molecular flexibility index (Phi) is 4.46. The minimum atomic E-state index is -0.246. The molecule has 0 fully saturated rings. The molecule has 3 N–H and O–H groups in total. The molecule has 2 aromatic heterocycles. The lowest BCUT2D eigenvalue weighted by molar-refractivity contribution is -0.116. The van der Waals surface area contributed by atoms with E-state index in [0.29, 0.717) is 27.6 Å². The molecule has 0 aliphatic carbocycles. The smallest absolute Gasteiger partial charge is 0.255 e. The summed E-state index contributed by atoms with van der Waals surface area (Å²) in [6.07, 6.45) is 2.27. The van der Waals surface area contributed by atoms with Crippen LogP contribution in [0.25, 0.3) is 0 Å². The Morgan fingerprint density at radius 1 is 1.45 bits per heavy atom. The van der Waals surface area contributed by atoms with Crippen LogP contribution in [0.2, 0.25) is 0 Å². The molecule has 6 nitrogen and oxygen atoms in total. The van der Waals surface area contributed by atoms with Gasteiger partial charge in [0.05, 0.1) is 0 Å². The van der Waals surface area contributed by atoms with Crippen molar-refractivity contribution in [2.45, 2.75) is 26.7 Å². The average Bonchev–Trinajstić information content (AvgIpc) is 2.73. The number of thiazole rings is 1. The summed E-state index contributed by atoms with van der Waals surface area (Å²) in [5.41, 5.74) is 0.991. The predicted molar refractivity (Wildman–Crippen MR) is 80.8 cm³/mol. The number of nitrogens with zero attached hydrogens (tertiary/aromatic N) is 1. The molecule has 0 spiro atoms. The Bertz CT molecular complexity index is 744. The van der Waals surface area contributed by atoms with Crippen molar-refractivity contribution in [3.8, 4) is 0 Å². The van der Waals surface area contributed by atoms with Gasteiger partial charge in [-0.3, -0.25) is 14.6 Å². The van der Waals surface area contributed by atoms with Gasteiger partial charge in [-0.05, 0) is 32.5 Å². The van der Waals surface area contributed by atoms with Gasteiger partial charge in [0, 0.05) is 28.8 Å². The molecule has 0 unspecified atom stereocenters. The lowest BCUT2D eigenvalue weighted by atomic mass is 10.1. The second kappa shape index (κ2) is 6.10. The van der Waals surface area contributed by atoms with Gasteiger partial charge in [0.1, 0.15) is 0 Å². The first-order chi connectivity index (χ1) is 9.45. The molecule has 0 aromatic carbocycles. The molecule has 8 heteroatoms. The number of aryl methyl sites for hydroxylation is 2. The molecule has 0 saturated carbocycles. The number of amides is 1. The third-order valence-electron chi connectivity index (χ3n) is 2.72. The van der Waals surface area contributed by atoms with Crippen LogP contribution in [0.5, 0.6) is 0 Å². The monoisotopic (exact) mass is 310 g/mol. The maximum Gasteiger partial charge on any atom is 0.255 e. The van der Waals surface area contributed by atoms with Crippen LogP contribution in [0.1, 0.15) is 22.6 Å². The van der Waals surface area contributed by atoms with Crippen LogP contribution >= 0.6 is 23.6 Å². The molecule has 1 amide bonds. The largest absolute Gasteiger partial charge is 0.336 e. The van der Waals surface area contributed by atoms with Crippen molar-refractivity contribution in [3.63, 3.8) is 0 Å². The van der Waals surface area contributed by atoms with Gasteiger partial charge in [-0.15, -0.1) is 11.3 Å². The highest BCUT2D eigenvalue weighted by Gasteiger charge is 2.10. The fraction of sp³-hybridized carbons (Fsp3) is 0.333. The summed E-state index contributed by atoms with van der Waals surface area (Å²) in [4.78, 5) is 34.0. The van der Waals surface area contributed by atoms with E-state index in [1.54, 1.807) is 13.1 Å². The van der Waals surface area contributed by atoms with Gasteiger partial charge in [0.2, 0.25) is 5.91 Å². The van der Waals surface area contributed by atoms with E-state index in [4.69, 9.17) is 12.2 Å². The van der Waals surface area contributed by atoms with E-state index in [-0.39, 0.29) is 17.9 Å². The number of carbonyl (C=O) groups excluding carboxylic acids is 1. The fourth-order valence-corrected chi connectivity index (χ4v) is 2.69. The quantitative estimate of drug-likeness (QED) is 0.754. The fourth-order valence-electron chi connectivity index (χ4n) is 1.76. The zero-order valence-corrected chi connectivity index (χ0v) is 12.7. The van der Waals surface area contributed by atoms with Crippen molar-refractivity contribution in [3.05, 3.63) is 37.5 Å². The molecule has 0 aliphatic rings. The highest BCUT2D eigenvalue weighted by atomic mass is 32.1. The standard InChI is InChI=1S/C12H14N4O2S2/c1-6-5-13-12(20-6)15-9(17)4-3-8-7(2)14-11(19)16-10(8)18/h5H,3-4H2,1-2H3,(H,13,15,17)(H2,14,16,18,19). The van der Waals surface area contributed by atoms with E-state index in [0.717, 1.165) is 4.88 Å². The lowest BCUT2D eigenvalue weighted by Crippen LogP contribution is -2.19. The summed E-state index contributed by atoms with van der Waals surface area (Å²) < 4.78 is 0.291. The SMILES string of the molecule is Cc1cnc(NC(=O)CCc2c(C)[nH]c(=S)[nH]c2=O)s1. The van der Waals surface area contributed by atoms with E-state index < -0.39 is 0 Å². The van der Waals surface area contributed by atoms with Crippen LogP contribution in [-0.4, -0.2) is 20.9 Å². The maximum atomic E-state index is 11.8. The Morgan fingerprint density at radius 3 is 2.80 bits per heavy atom. The number of nitrogens with one attached hydrogen (secondary N) is 3. The van der Waals surface area contributed by atoms with E-state index in [1.165, 1.54) is 11.3 Å². The van der Waals surface area contributed by atoms with Gasteiger partial charge in [0.15, 0.2) is 9.90 Å². The lowest BCUT2D eigenvalue weighted by Gasteiger charge is -2.04. The van der Waals surface area contributed by atoms with Crippen molar-refractivity contribution >= 4 is 34.6 Å². The molecule has 106 valence electrons. The van der Waals surface area contributed by atoms with Crippen molar-refractivity contribution < 1.29 is 4.79 Å². The molecule has 0 bridgehead atoms. The Balaban J connectivity index is 2.00. The molecule has 0 aliphatic heterocycles. The van der Waals surface area contributed by atoms with Crippen LogP contribution < -0.4 is 10.9 Å². The van der Waals surface area contributed by atoms with Crippen LogP contribution in [0.15, 0.2) is 11.0 Å². The first kappa shape index (κ1) is 14.6. The van der Waals surface area contributed by atoms with E-state index in [1.807, 2.05) is 6.92 Å². The molecule has 2 aromatic rings. The Hall–Kier alpha value is -1.80. The Labute approximate surface area is 124 Å². The number of aromatic nitrogens is 3. The summed E-state index contributed by atoms with van der Waals surface area (Å²) in [5.74, 6) is -0.166. The summed E-state index contributed by atoms with van der Waals surface area (Å²) in [5, 5.41) is 3.28. The van der Waals surface area contributed by atoms with E-state index in [9.17, 15) is 9.59 Å². The van der Waals surface area contributed by atoms with Gasteiger partial charge in [-0.2, -0.15) is 0 Å². The minimum Gasteiger partial charge on any atom is -0.336 e. The third-order valence-corrected chi connectivity index (χ3v) is 3.76. The van der Waals surface area contributed by atoms with Crippen molar-refractivity contribution in [1.82, 2.24) is 15.0 Å². The van der Waals surface area contributed by atoms with Crippen LogP contribution in [0.4, 0.5) is 5.13 Å². The number of anilines is 1. The minimum absolute atomic E-state index is 0.166. The number of rotatable bonds is 4. The summed E-state index contributed by atoms with van der Waals surface area (Å²) >= 11 is 6.29. The molecule has 2 heterocycles. The van der Waals surface area contributed by atoms with Crippen molar-refractivity contribution in [2.24, 2.45) is 0 Å². The topological polar surface area (TPSA) is 90.6 Å². The van der Waals surface area contributed by atoms with Gasteiger partial charge < -0.3 is 10.3 Å². The van der Waals surface area contributed by atoms with Crippen LogP contribution in [0, 0.1) is 18.6 Å². The zero-order valence-electron chi connectivity index (χ0n) is 11.1. The summed E-state index contributed by atoms with van der Waals surface area (Å²) in [6.45, 7) is 3.69. The van der Waals surface area contributed by atoms with E-state index in [2.05, 4.69) is 20.3 Å². The van der Waals surface area contributed by atoms with Crippen molar-refractivity contribution in [1.29, 1.82) is 0 Å². The number of aromatic amines is 2. The van der Waals surface area contributed by atoms with Crippen LogP contribution in [0.3, 0.4) is 0 Å². The number of hydrogen-bond acceptors (Lipinski definition) is 5. The highest BCUT2D eigenvalue weighted by Crippen LogP contribution is 2.16. The zero-order chi connectivity index (χ0) is 14.7. The van der Waals surface area contributed by atoms with Crippen molar-refractivity contribution in [2.75, 3.05) is 5.32 Å². The number of hydrogen-bond donors (Lipinski definition) is 3. The molecular formula is C12H14N4O2S2. The van der Waals surface area contributed by atoms with Gasteiger partial charge in [-0.25, -0.2) is 4.98 Å². The molecule has 20 heavy (non-hydrogen) atoms. The second-order valence-corrected chi connectivity index (χ2v) is 5.98. The van der Waals surface area contributed by atoms with Gasteiger partial charge in [-0.1, -0.05) is 0 Å². The number of H-pyrrole nitrogens is 2. The maximum absolute atomic E-state index is 11.8. The first-order valence-electron chi connectivity index (χ1n) is 6.00. The number of carbonyl (C=O) groups is 1. The molecule has 2 rings (SSSR count). The third kappa shape index (κ3) is 3.61. The molecule has 0 atom stereocenters. The molecular weight excluding hydrogens is 296 g/mol. The van der Waals surface area contributed by atoms with Gasteiger partial charge in [0.25, 0.3) is 5.56 Å². The molecule has 0 saturated heterocycles. The molecule has 0 radical (unpaired) electrons. The normalized spacial score (nSPS) is 10.5. The highest BCUT2D eigenvalue weighted by molar-refractivity contribution is 7.71. The van der Waals surface area contributed by atoms with E-state index >= 15 is 0 Å². The van der Waals surface area contributed by atoms with Crippen LogP contribution in [-0.2, 0) is 11.2 Å². The summed E-state index contributed by atoms with van der Waals surface area (Å²) in [7, 11) is 0. The average molecular weight is 310 g/mol. The first-order valence-corrected chi connectivity index (χ1v) is 7.22. The second-order valence-electron chi connectivity index (χ2n) is 4.34. The van der Waals surface area contributed by atoms with Gasteiger partial charge >= 0.3 is 0 Å². The predicted octanol–water partition coefficient (Wildman–Crippen LogP) is 2.08. The summed E-state index contributed by atoms with van der Waals surface area (Å²) in [6, 6.07) is 0.